The minimum absolute atomic E-state index is 0.0679. The highest BCUT2D eigenvalue weighted by Gasteiger charge is 2.13. The summed E-state index contributed by atoms with van der Waals surface area (Å²) in [5, 5.41) is 0. The summed E-state index contributed by atoms with van der Waals surface area (Å²) in [5.74, 6) is -0.162. The van der Waals surface area contributed by atoms with Crippen LogP contribution < -0.4 is 5.73 Å². The summed E-state index contributed by atoms with van der Waals surface area (Å²) in [6.07, 6.45) is 0. The second kappa shape index (κ2) is 6.83. The second-order valence-corrected chi connectivity index (χ2v) is 5.75. The van der Waals surface area contributed by atoms with E-state index in [2.05, 4.69) is 36.9 Å². The van der Waals surface area contributed by atoms with E-state index in [9.17, 15) is 4.39 Å². The largest absolute Gasteiger partial charge is 0.323 e. The molecule has 1 unspecified atom stereocenters. The summed E-state index contributed by atoms with van der Waals surface area (Å²) in [5.41, 5.74) is 10.6. The van der Waals surface area contributed by atoms with Crippen LogP contribution in [0.1, 0.15) is 28.3 Å². The summed E-state index contributed by atoms with van der Waals surface area (Å²) in [7, 11) is 1.97. The first kappa shape index (κ1) is 15.7. The fraction of sp³-hybridized carbons (Fsp3) is 0.333. The molecule has 2 nitrogen and oxygen atoms in total. The van der Waals surface area contributed by atoms with Crippen molar-refractivity contribution in [3.8, 4) is 0 Å². The highest BCUT2D eigenvalue weighted by molar-refractivity contribution is 5.33. The van der Waals surface area contributed by atoms with Crippen molar-refractivity contribution < 1.29 is 4.39 Å². The molecule has 0 aliphatic heterocycles. The summed E-state index contributed by atoms with van der Waals surface area (Å²) in [4.78, 5) is 2.06. The molecule has 0 saturated heterocycles. The van der Waals surface area contributed by atoms with E-state index in [0.29, 0.717) is 18.7 Å². The molecule has 3 heteroatoms. The zero-order valence-electron chi connectivity index (χ0n) is 12.9. The molecule has 1 atom stereocenters. The van der Waals surface area contributed by atoms with Gasteiger partial charge in [0, 0.05) is 24.7 Å². The van der Waals surface area contributed by atoms with Crippen molar-refractivity contribution >= 4 is 0 Å². The van der Waals surface area contributed by atoms with Gasteiger partial charge in [0.15, 0.2) is 0 Å². The van der Waals surface area contributed by atoms with E-state index in [4.69, 9.17) is 5.73 Å². The molecular weight excluding hydrogens is 263 g/mol. The smallest absolute Gasteiger partial charge is 0.127 e. The van der Waals surface area contributed by atoms with Gasteiger partial charge in [-0.15, -0.1) is 0 Å². The third-order valence-electron chi connectivity index (χ3n) is 3.74. The molecule has 0 bridgehead atoms. The Bertz CT molecular complexity index is 610. The third kappa shape index (κ3) is 4.13. The van der Waals surface area contributed by atoms with Crippen molar-refractivity contribution in [1.29, 1.82) is 0 Å². The van der Waals surface area contributed by atoms with Crippen molar-refractivity contribution in [1.82, 2.24) is 4.90 Å². The zero-order valence-corrected chi connectivity index (χ0v) is 12.9. The van der Waals surface area contributed by atoms with Gasteiger partial charge >= 0.3 is 0 Å². The van der Waals surface area contributed by atoms with Crippen LogP contribution in [0.5, 0.6) is 0 Å². The number of nitrogens with two attached hydrogens (primary N) is 1. The number of hydrogen-bond acceptors (Lipinski definition) is 2. The molecule has 2 aromatic carbocycles. The Morgan fingerprint density at radius 1 is 1.14 bits per heavy atom. The molecule has 0 amide bonds. The summed E-state index contributed by atoms with van der Waals surface area (Å²) in [6, 6.07) is 13.1. The van der Waals surface area contributed by atoms with Crippen LogP contribution in [0.2, 0.25) is 0 Å². The van der Waals surface area contributed by atoms with E-state index >= 15 is 0 Å². The Kier molecular flexibility index (Phi) is 5.10. The van der Waals surface area contributed by atoms with Gasteiger partial charge in [0.05, 0.1) is 0 Å². The van der Waals surface area contributed by atoms with Crippen molar-refractivity contribution in [3.63, 3.8) is 0 Å². The fourth-order valence-electron chi connectivity index (χ4n) is 2.58. The zero-order chi connectivity index (χ0) is 15.4. The molecule has 0 radical (unpaired) electrons. The highest BCUT2D eigenvalue weighted by Crippen LogP contribution is 2.19. The van der Waals surface area contributed by atoms with Crippen LogP contribution in [0.3, 0.4) is 0 Å². The lowest BCUT2D eigenvalue weighted by atomic mass is 9.99. The first-order valence-corrected chi connectivity index (χ1v) is 7.22. The molecule has 0 aliphatic carbocycles. The minimum atomic E-state index is -0.162. The minimum Gasteiger partial charge on any atom is -0.323 e. The van der Waals surface area contributed by atoms with Crippen LogP contribution in [-0.4, -0.2) is 18.5 Å². The average molecular weight is 286 g/mol. The maximum Gasteiger partial charge on any atom is 0.127 e. The molecule has 0 fully saturated rings. The van der Waals surface area contributed by atoms with E-state index in [-0.39, 0.29) is 11.9 Å². The Hall–Kier alpha value is -1.71. The lowest BCUT2D eigenvalue weighted by molar-refractivity contribution is 0.300. The van der Waals surface area contributed by atoms with Gasteiger partial charge in [-0.05, 0) is 38.1 Å². The average Bonchev–Trinajstić information content (AvgIpc) is 2.44. The number of benzene rings is 2. The molecule has 0 saturated carbocycles. The van der Waals surface area contributed by atoms with Gasteiger partial charge < -0.3 is 10.6 Å². The SMILES string of the molecule is Cc1ccc(C)c(C(N)CN(C)Cc2ccccc2F)c1. The Balaban J connectivity index is 2.04. The molecule has 2 N–H and O–H groups in total. The van der Waals surface area contributed by atoms with Crippen molar-refractivity contribution in [2.24, 2.45) is 5.73 Å². The predicted molar refractivity (Wildman–Crippen MR) is 85.6 cm³/mol. The molecule has 21 heavy (non-hydrogen) atoms. The van der Waals surface area contributed by atoms with Crippen LogP contribution in [0.15, 0.2) is 42.5 Å². The number of aryl methyl sites for hydroxylation is 2. The number of halogens is 1. The van der Waals surface area contributed by atoms with Crippen molar-refractivity contribution in [2.75, 3.05) is 13.6 Å². The van der Waals surface area contributed by atoms with Gasteiger partial charge in [-0.1, -0.05) is 42.0 Å². The molecule has 112 valence electrons. The van der Waals surface area contributed by atoms with E-state index in [1.807, 2.05) is 19.2 Å². The molecule has 0 spiro atoms. The molecule has 0 heterocycles. The standard InChI is InChI=1S/C18H23FN2/c1-13-8-9-14(2)16(10-13)18(20)12-21(3)11-15-6-4-5-7-17(15)19/h4-10,18H,11-12,20H2,1-3H3. The van der Waals surface area contributed by atoms with Gasteiger partial charge in [-0.3, -0.25) is 0 Å². The van der Waals surface area contributed by atoms with Crippen LogP contribution in [0.25, 0.3) is 0 Å². The summed E-state index contributed by atoms with van der Waals surface area (Å²) < 4.78 is 13.7. The molecular formula is C18H23FN2. The van der Waals surface area contributed by atoms with Gasteiger partial charge in [-0.25, -0.2) is 4.39 Å². The van der Waals surface area contributed by atoms with E-state index in [0.717, 1.165) is 5.56 Å². The van der Waals surface area contributed by atoms with Crippen LogP contribution >= 0.6 is 0 Å². The number of nitrogens with zero attached hydrogens (tertiary/aromatic N) is 1. The van der Waals surface area contributed by atoms with Gasteiger partial charge in [0.1, 0.15) is 5.82 Å². The second-order valence-electron chi connectivity index (χ2n) is 5.75. The molecule has 0 aromatic heterocycles. The monoisotopic (exact) mass is 286 g/mol. The third-order valence-corrected chi connectivity index (χ3v) is 3.74. The number of rotatable bonds is 5. The first-order valence-electron chi connectivity index (χ1n) is 7.22. The number of hydrogen-bond donors (Lipinski definition) is 1. The maximum atomic E-state index is 13.7. The van der Waals surface area contributed by atoms with E-state index in [1.54, 1.807) is 6.07 Å². The molecule has 0 aliphatic rings. The van der Waals surface area contributed by atoms with Crippen molar-refractivity contribution in [3.05, 3.63) is 70.5 Å². The predicted octanol–water partition coefficient (Wildman–Crippen LogP) is 3.57. The van der Waals surface area contributed by atoms with Crippen molar-refractivity contribution in [2.45, 2.75) is 26.4 Å². The quantitative estimate of drug-likeness (QED) is 0.910. The van der Waals surface area contributed by atoms with Gasteiger partial charge in [0.25, 0.3) is 0 Å². The molecule has 2 aromatic rings. The van der Waals surface area contributed by atoms with E-state index < -0.39 is 0 Å². The molecule has 2 rings (SSSR count). The summed E-state index contributed by atoms with van der Waals surface area (Å²) >= 11 is 0. The van der Waals surface area contributed by atoms with Crippen LogP contribution in [0.4, 0.5) is 4.39 Å². The van der Waals surface area contributed by atoms with Crippen LogP contribution in [0, 0.1) is 19.7 Å². The van der Waals surface area contributed by atoms with Gasteiger partial charge in [-0.2, -0.15) is 0 Å². The Labute approximate surface area is 126 Å². The lowest BCUT2D eigenvalue weighted by Crippen LogP contribution is -2.29. The topological polar surface area (TPSA) is 29.3 Å². The van der Waals surface area contributed by atoms with Crippen LogP contribution in [-0.2, 0) is 6.54 Å². The maximum absolute atomic E-state index is 13.7. The first-order chi connectivity index (χ1) is 9.97. The normalized spacial score (nSPS) is 12.7. The fourth-order valence-corrected chi connectivity index (χ4v) is 2.58. The van der Waals surface area contributed by atoms with E-state index in [1.165, 1.54) is 17.2 Å². The lowest BCUT2D eigenvalue weighted by Gasteiger charge is -2.23. The number of likely N-dealkylation sites (N-methyl/N-ethyl adjacent to an activating group) is 1. The Morgan fingerprint density at radius 3 is 2.57 bits per heavy atom. The summed E-state index contributed by atoms with van der Waals surface area (Å²) in [6.45, 7) is 5.40. The highest BCUT2D eigenvalue weighted by atomic mass is 19.1. The Morgan fingerprint density at radius 2 is 1.86 bits per heavy atom. The van der Waals surface area contributed by atoms with Gasteiger partial charge in [0.2, 0.25) is 0 Å².